The quantitative estimate of drug-likeness (QED) is 0.648. The molecule has 0 saturated carbocycles. The van der Waals surface area contributed by atoms with Gasteiger partial charge in [0.05, 0.1) is 0 Å². The maximum atomic E-state index is 3.28. The molecule has 0 heterocycles. The average molecular weight is 193 g/mol. The standard InChI is InChI=1S/C15H13/c1-2-5-12(6-3-1)15-10-9-13-7-4-8-14(13)11-15/h1-3,5,9-11H,4,7-8H2. The van der Waals surface area contributed by atoms with Gasteiger partial charge in [-0.3, -0.25) is 0 Å². The van der Waals surface area contributed by atoms with Crippen LogP contribution in [0.4, 0.5) is 0 Å². The lowest BCUT2D eigenvalue weighted by molar-refractivity contribution is 0.912. The predicted octanol–water partition coefficient (Wildman–Crippen LogP) is 3.64. The van der Waals surface area contributed by atoms with Gasteiger partial charge in [-0.05, 0) is 47.6 Å². The van der Waals surface area contributed by atoms with Crippen LogP contribution in [0.25, 0.3) is 11.1 Å². The maximum absolute atomic E-state index is 3.28. The normalized spacial score (nSPS) is 13.9. The van der Waals surface area contributed by atoms with Crippen molar-refractivity contribution in [2.45, 2.75) is 19.3 Å². The first-order chi connectivity index (χ1) is 7.43. The third-order valence-electron chi connectivity index (χ3n) is 3.12. The van der Waals surface area contributed by atoms with Crippen molar-refractivity contribution in [3.63, 3.8) is 0 Å². The van der Waals surface area contributed by atoms with Gasteiger partial charge < -0.3 is 0 Å². The Labute approximate surface area is 90.6 Å². The van der Waals surface area contributed by atoms with Gasteiger partial charge in [0.15, 0.2) is 0 Å². The van der Waals surface area contributed by atoms with Gasteiger partial charge in [0, 0.05) is 0 Å². The van der Waals surface area contributed by atoms with Crippen LogP contribution in [0, 0.1) is 6.07 Å². The molecular weight excluding hydrogens is 180 g/mol. The number of hydrogen-bond donors (Lipinski definition) is 0. The van der Waals surface area contributed by atoms with Crippen molar-refractivity contribution in [3.05, 3.63) is 59.7 Å². The molecule has 0 fully saturated rings. The van der Waals surface area contributed by atoms with E-state index >= 15 is 0 Å². The monoisotopic (exact) mass is 193 g/mol. The minimum Gasteiger partial charge on any atom is -0.0616 e. The van der Waals surface area contributed by atoms with E-state index in [1.807, 2.05) is 12.1 Å². The summed E-state index contributed by atoms with van der Waals surface area (Å²) in [5.41, 5.74) is 5.57. The third-order valence-corrected chi connectivity index (χ3v) is 3.12. The second-order valence-corrected chi connectivity index (χ2v) is 4.11. The zero-order valence-corrected chi connectivity index (χ0v) is 8.66. The van der Waals surface area contributed by atoms with E-state index in [1.54, 1.807) is 0 Å². The average Bonchev–Trinajstić information content (AvgIpc) is 2.77. The molecule has 15 heavy (non-hydrogen) atoms. The summed E-state index contributed by atoms with van der Waals surface area (Å²) in [5.74, 6) is 0. The fraction of sp³-hybridized carbons (Fsp3) is 0.200. The molecule has 3 rings (SSSR count). The highest BCUT2D eigenvalue weighted by Gasteiger charge is 2.10. The Hall–Kier alpha value is -1.56. The number of fused-ring (bicyclic) bond motifs is 1. The molecule has 0 amide bonds. The van der Waals surface area contributed by atoms with Gasteiger partial charge in [0.1, 0.15) is 0 Å². The lowest BCUT2D eigenvalue weighted by Crippen LogP contribution is -1.84. The molecular formula is C15H13. The highest BCUT2D eigenvalue weighted by Crippen LogP contribution is 2.27. The van der Waals surface area contributed by atoms with Crippen LogP contribution in [-0.4, -0.2) is 0 Å². The molecule has 2 aromatic carbocycles. The molecule has 2 aromatic rings. The zero-order valence-electron chi connectivity index (χ0n) is 8.66. The lowest BCUT2D eigenvalue weighted by atomic mass is 10.0. The van der Waals surface area contributed by atoms with Crippen molar-refractivity contribution in [1.29, 1.82) is 0 Å². The lowest BCUT2D eigenvalue weighted by Gasteiger charge is -2.04. The van der Waals surface area contributed by atoms with Crippen LogP contribution >= 0.6 is 0 Å². The van der Waals surface area contributed by atoms with Gasteiger partial charge in [-0.15, -0.1) is 0 Å². The van der Waals surface area contributed by atoms with E-state index in [0.717, 1.165) is 0 Å². The summed E-state index contributed by atoms with van der Waals surface area (Å²) < 4.78 is 0. The van der Waals surface area contributed by atoms with Gasteiger partial charge in [-0.2, -0.15) is 0 Å². The van der Waals surface area contributed by atoms with E-state index in [1.165, 1.54) is 41.5 Å². The first kappa shape index (κ1) is 8.72. The van der Waals surface area contributed by atoms with Gasteiger partial charge in [0.2, 0.25) is 0 Å². The van der Waals surface area contributed by atoms with Crippen LogP contribution < -0.4 is 0 Å². The fourth-order valence-corrected chi connectivity index (χ4v) is 2.31. The van der Waals surface area contributed by atoms with Crippen molar-refractivity contribution in [2.75, 3.05) is 0 Å². The smallest absolute Gasteiger partial charge is 0.00992 e. The van der Waals surface area contributed by atoms with Crippen molar-refractivity contribution in [1.82, 2.24) is 0 Å². The highest BCUT2D eigenvalue weighted by atomic mass is 14.2. The molecule has 0 heteroatoms. The first-order valence-electron chi connectivity index (χ1n) is 5.52. The summed E-state index contributed by atoms with van der Waals surface area (Å²) >= 11 is 0. The third kappa shape index (κ3) is 1.56. The van der Waals surface area contributed by atoms with Crippen LogP contribution in [0.5, 0.6) is 0 Å². The first-order valence-corrected chi connectivity index (χ1v) is 5.52. The molecule has 0 bridgehead atoms. The summed E-state index contributed by atoms with van der Waals surface area (Å²) in [6.07, 6.45) is 3.82. The Balaban J connectivity index is 2.07. The van der Waals surface area contributed by atoms with Crippen LogP contribution in [0.3, 0.4) is 0 Å². The molecule has 73 valence electrons. The largest absolute Gasteiger partial charge is 0.0616 e. The molecule has 0 unspecified atom stereocenters. The topological polar surface area (TPSA) is 0 Å². The molecule has 0 N–H and O–H groups in total. The van der Waals surface area contributed by atoms with Crippen molar-refractivity contribution in [2.24, 2.45) is 0 Å². The molecule has 1 radical (unpaired) electrons. The molecule has 0 aromatic heterocycles. The molecule has 1 aliphatic rings. The van der Waals surface area contributed by atoms with Crippen LogP contribution in [0.1, 0.15) is 17.5 Å². The second kappa shape index (κ2) is 3.54. The fourth-order valence-electron chi connectivity index (χ4n) is 2.31. The SMILES string of the molecule is [c]1ccccc1-c1ccc2c(c1)CCC2. The molecule has 0 aliphatic heterocycles. The van der Waals surface area contributed by atoms with E-state index < -0.39 is 0 Å². The van der Waals surface area contributed by atoms with Crippen LogP contribution in [0.15, 0.2) is 42.5 Å². The molecule has 0 spiro atoms. The van der Waals surface area contributed by atoms with Gasteiger partial charge in [-0.25, -0.2) is 0 Å². The highest BCUT2D eigenvalue weighted by molar-refractivity contribution is 5.64. The molecule has 0 nitrogen and oxygen atoms in total. The summed E-state index contributed by atoms with van der Waals surface area (Å²) in [4.78, 5) is 0. The molecule has 0 atom stereocenters. The Morgan fingerprint density at radius 2 is 1.87 bits per heavy atom. The number of rotatable bonds is 1. The predicted molar refractivity (Wildman–Crippen MR) is 62.7 cm³/mol. The van der Waals surface area contributed by atoms with Crippen molar-refractivity contribution >= 4 is 0 Å². The van der Waals surface area contributed by atoms with Gasteiger partial charge in [0.25, 0.3) is 0 Å². The molecule has 1 aliphatic carbocycles. The summed E-state index contributed by atoms with van der Waals surface area (Å²) in [6, 6.07) is 18.3. The van der Waals surface area contributed by atoms with E-state index in [0.29, 0.717) is 0 Å². The summed E-state index contributed by atoms with van der Waals surface area (Å²) in [5, 5.41) is 0. The Bertz CT molecular complexity index is 469. The summed E-state index contributed by atoms with van der Waals surface area (Å²) in [6.45, 7) is 0. The van der Waals surface area contributed by atoms with E-state index in [9.17, 15) is 0 Å². The van der Waals surface area contributed by atoms with Crippen LogP contribution in [-0.2, 0) is 12.8 Å². The Morgan fingerprint density at radius 3 is 2.73 bits per heavy atom. The molecule has 0 saturated heterocycles. The minimum atomic E-state index is 1.20. The summed E-state index contributed by atoms with van der Waals surface area (Å²) in [7, 11) is 0. The Morgan fingerprint density at radius 1 is 0.933 bits per heavy atom. The van der Waals surface area contributed by atoms with Crippen LogP contribution in [0.2, 0.25) is 0 Å². The zero-order chi connectivity index (χ0) is 10.1. The van der Waals surface area contributed by atoms with E-state index in [-0.39, 0.29) is 0 Å². The number of benzene rings is 2. The Kier molecular flexibility index (Phi) is 2.06. The van der Waals surface area contributed by atoms with E-state index in [2.05, 4.69) is 36.4 Å². The van der Waals surface area contributed by atoms with Crippen molar-refractivity contribution < 1.29 is 0 Å². The maximum Gasteiger partial charge on any atom is -0.00992 e. The van der Waals surface area contributed by atoms with Gasteiger partial charge in [-0.1, -0.05) is 42.5 Å². The minimum absolute atomic E-state index is 1.20. The second-order valence-electron chi connectivity index (χ2n) is 4.11. The van der Waals surface area contributed by atoms with Gasteiger partial charge >= 0.3 is 0 Å². The number of hydrogen-bond acceptors (Lipinski definition) is 0. The van der Waals surface area contributed by atoms with E-state index in [4.69, 9.17) is 0 Å². The van der Waals surface area contributed by atoms with Crippen molar-refractivity contribution in [3.8, 4) is 11.1 Å². The number of aryl methyl sites for hydroxylation is 2.